The molecule has 0 N–H and O–H groups in total. The van der Waals surface area contributed by atoms with Crippen LogP contribution in [0.25, 0.3) is 122 Å². The predicted molar refractivity (Wildman–Crippen MR) is 308 cm³/mol. The number of nitrogens with zero attached hydrogens (tertiary/aromatic N) is 5. The third kappa shape index (κ3) is 6.98. The fourth-order valence-electron chi connectivity index (χ4n) is 11.9. The minimum absolute atomic E-state index is 0.285. The van der Waals surface area contributed by atoms with Gasteiger partial charge in [-0.3, -0.25) is 0 Å². The van der Waals surface area contributed by atoms with Crippen molar-refractivity contribution in [3.63, 3.8) is 0 Å². The van der Waals surface area contributed by atoms with Crippen LogP contribution >= 0.6 is 0 Å². The molecule has 0 radical (unpaired) electrons. The van der Waals surface area contributed by atoms with Gasteiger partial charge in [-0.15, -0.1) is 0 Å². The molecule has 0 amide bonds. The summed E-state index contributed by atoms with van der Waals surface area (Å²) in [6, 6.07) is 85.9. The van der Waals surface area contributed by atoms with E-state index in [2.05, 4.69) is 228 Å². The van der Waals surface area contributed by atoms with Gasteiger partial charge in [0.2, 0.25) is 0 Å². The summed E-state index contributed by atoms with van der Waals surface area (Å²) in [6.45, 7) is 0. The Morgan fingerprint density at radius 3 is 1.64 bits per heavy atom. The first kappa shape index (κ1) is 42.7. The van der Waals surface area contributed by atoms with Crippen LogP contribution in [0.2, 0.25) is 0 Å². The molecule has 15 rings (SSSR count). The number of rotatable bonds is 8. The molecule has 0 fully saturated rings. The van der Waals surface area contributed by atoms with Crippen molar-refractivity contribution in [2.24, 2.45) is 0 Å². The van der Waals surface area contributed by atoms with Crippen LogP contribution in [0.5, 0.6) is 0 Å². The fourth-order valence-corrected chi connectivity index (χ4v) is 11.9. The smallest absolute Gasteiger partial charge is 0.163 e. The first-order valence-electron chi connectivity index (χ1n) is 25.6. The number of allylic oxidation sites excluding steroid dienone is 4. The molecule has 2 unspecified atom stereocenters. The summed E-state index contributed by atoms with van der Waals surface area (Å²) < 4.78 is 11.5. The minimum atomic E-state index is -0.301. The zero-order chi connectivity index (χ0) is 49.4. The number of aromatic nitrogens is 5. The average molecular weight is 960 g/mol. The maximum Gasteiger partial charge on any atom is 0.163 e. The SMILES string of the molecule is C1=CC(c2nc(-c3ccccc3)nc(-c3ccccc3)n2)C(n2c3cc(-c4cccc5oc6ccccc6c45)ccc3c3c(-c4cccc5c4c4ccccc4n5-c4ccccc4)cccc32)C=C1c1ccccc1. The summed E-state index contributed by atoms with van der Waals surface area (Å²) >= 11 is 0. The third-order valence-corrected chi connectivity index (χ3v) is 15.2. The molecule has 0 aliphatic heterocycles. The molecule has 4 heterocycles. The highest BCUT2D eigenvalue weighted by molar-refractivity contribution is 6.22. The molecule has 2 atom stereocenters. The van der Waals surface area contributed by atoms with Crippen molar-refractivity contribution in [1.82, 2.24) is 24.1 Å². The Bertz CT molecular complexity index is 4530. The maximum absolute atomic E-state index is 6.49. The highest BCUT2D eigenvalue weighted by atomic mass is 16.3. The van der Waals surface area contributed by atoms with E-state index in [-0.39, 0.29) is 12.0 Å². The first-order chi connectivity index (χ1) is 37.2. The van der Waals surface area contributed by atoms with Gasteiger partial charge in [0.05, 0.1) is 34.0 Å². The van der Waals surface area contributed by atoms with Crippen LogP contribution in [0.3, 0.4) is 0 Å². The van der Waals surface area contributed by atoms with Crippen molar-refractivity contribution in [2.75, 3.05) is 0 Å². The minimum Gasteiger partial charge on any atom is -0.456 e. The zero-order valence-corrected chi connectivity index (χ0v) is 40.6. The Kier molecular flexibility index (Phi) is 9.91. The number of benzene rings is 10. The van der Waals surface area contributed by atoms with Gasteiger partial charge in [0.25, 0.3) is 0 Å². The van der Waals surface area contributed by atoms with Crippen molar-refractivity contribution < 1.29 is 4.42 Å². The average Bonchev–Trinajstić information content (AvgIpc) is 4.23. The van der Waals surface area contributed by atoms with E-state index in [0.29, 0.717) is 17.5 Å². The number of para-hydroxylation sites is 3. The second-order valence-corrected chi connectivity index (χ2v) is 19.4. The van der Waals surface area contributed by atoms with Crippen molar-refractivity contribution in [3.8, 4) is 50.7 Å². The number of hydrogen-bond acceptors (Lipinski definition) is 4. The van der Waals surface area contributed by atoms with Crippen molar-refractivity contribution in [3.05, 3.63) is 272 Å². The van der Waals surface area contributed by atoms with E-state index in [0.717, 1.165) is 83.0 Å². The van der Waals surface area contributed by atoms with Crippen LogP contribution in [0.1, 0.15) is 23.3 Å². The van der Waals surface area contributed by atoms with Crippen LogP contribution in [-0.2, 0) is 0 Å². The van der Waals surface area contributed by atoms with Gasteiger partial charge in [0, 0.05) is 49.1 Å². The second kappa shape index (κ2) is 17.4. The number of fused-ring (bicyclic) bond motifs is 9. The normalized spacial score (nSPS) is 14.7. The Morgan fingerprint density at radius 1 is 0.373 bits per heavy atom. The van der Waals surface area contributed by atoms with Crippen LogP contribution in [0.4, 0.5) is 0 Å². The van der Waals surface area contributed by atoms with Crippen LogP contribution in [0.15, 0.2) is 265 Å². The molecule has 0 saturated heterocycles. The standard InChI is InChI=1S/C69H45N5O/c1-5-20-44(21-6-1)47-38-41-55(69-71-67(45-22-7-2-8-23-45)70-68(72-69)46-24-9-3-10-25-46)61(42-47)74-59-35-18-32-52(51-31-17-34-58-64(51)53-28-13-15-33-57(53)73(58)49-26-11-4-12-27-49)65(59)54-40-39-48(43-60(54)74)50-30-19-37-63-66(50)56-29-14-16-36-62(56)75-63/h1-43,55,61H. The molecular formula is C69H45N5O. The lowest BCUT2D eigenvalue weighted by molar-refractivity contribution is 0.554. The van der Waals surface area contributed by atoms with Gasteiger partial charge in [-0.05, 0) is 81.9 Å². The fraction of sp³-hybridized carbons (Fsp3) is 0.0290. The molecule has 0 bridgehead atoms. The summed E-state index contributed by atoms with van der Waals surface area (Å²) in [5.74, 6) is 1.67. The van der Waals surface area contributed by atoms with Crippen LogP contribution in [-0.4, -0.2) is 24.1 Å². The summed E-state index contributed by atoms with van der Waals surface area (Å²) in [5, 5.41) is 6.97. The van der Waals surface area contributed by atoms with E-state index in [9.17, 15) is 0 Å². The Balaban J connectivity index is 1.04. The Morgan fingerprint density at radius 2 is 0.920 bits per heavy atom. The molecule has 4 aromatic heterocycles. The molecule has 75 heavy (non-hydrogen) atoms. The Labute approximate surface area is 432 Å². The molecule has 6 nitrogen and oxygen atoms in total. The van der Waals surface area contributed by atoms with Crippen molar-refractivity contribution in [1.29, 1.82) is 0 Å². The van der Waals surface area contributed by atoms with Crippen LogP contribution < -0.4 is 0 Å². The monoisotopic (exact) mass is 959 g/mol. The van der Waals surface area contributed by atoms with Gasteiger partial charge in [-0.1, -0.05) is 212 Å². The van der Waals surface area contributed by atoms with Crippen LogP contribution in [0, 0.1) is 0 Å². The lowest BCUT2D eigenvalue weighted by atomic mass is 9.87. The lowest BCUT2D eigenvalue weighted by Gasteiger charge is -2.29. The molecule has 10 aromatic carbocycles. The van der Waals surface area contributed by atoms with Gasteiger partial charge in [-0.25, -0.2) is 15.0 Å². The zero-order valence-electron chi connectivity index (χ0n) is 40.6. The number of hydrogen-bond donors (Lipinski definition) is 0. The molecule has 352 valence electrons. The van der Waals surface area contributed by atoms with E-state index in [1.165, 1.54) is 32.8 Å². The van der Waals surface area contributed by atoms with E-state index in [4.69, 9.17) is 19.4 Å². The van der Waals surface area contributed by atoms with Gasteiger partial charge < -0.3 is 13.6 Å². The highest BCUT2D eigenvalue weighted by Gasteiger charge is 2.32. The molecule has 6 heteroatoms. The molecule has 0 spiro atoms. The van der Waals surface area contributed by atoms with E-state index in [1.54, 1.807) is 0 Å². The topological polar surface area (TPSA) is 61.7 Å². The quantitative estimate of drug-likeness (QED) is 0.152. The summed E-state index contributed by atoms with van der Waals surface area (Å²) in [5.41, 5.74) is 16.1. The van der Waals surface area contributed by atoms with Gasteiger partial charge in [0.1, 0.15) is 17.0 Å². The summed E-state index contributed by atoms with van der Waals surface area (Å²) in [4.78, 5) is 16.0. The molecule has 1 aliphatic carbocycles. The van der Waals surface area contributed by atoms with Crippen molar-refractivity contribution >= 4 is 71.1 Å². The van der Waals surface area contributed by atoms with Gasteiger partial charge >= 0.3 is 0 Å². The van der Waals surface area contributed by atoms with E-state index >= 15 is 0 Å². The Hall–Kier alpha value is -9.91. The lowest BCUT2D eigenvalue weighted by Crippen LogP contribution is -2.20. The van der Waals surface area contributed by atoms with Gasteiger partial charge in [0.15, 0.2) is 11.6 Å². The molecule has 1 aliphatic rings. The highest BCUT2D eigenvalue weighted by Crippen LogP contribution is 2.48. The largest absolute Gasteiger partial charge is 0.456 e. The van der Waals surface area contributed by atoms with Gasteiger partial charge in [-0.2, -0.15) is 0 Å². The second-order valence-electron chi connectivity index (χ2n) is 19.4. The molecular weight excluding hydrogens is 915 g/mol. The third-order valence-electron chi connectivity index (χ3n) is 15.2. The number of furan rings is 1. The molecule has 14 aromatic rings. The predicted octanol–water partition coefficient (Wildman–Crippen LogP) is 17.6. The summed E-state index contributed by atoms with van der Waals surface area (Å²) in [7, 11) is 0. The summed E-state index contributed by atoms with van der Waals surface area (Å²) in [6.07, 6.45) is 7.00. The first-order valence-corrected chi connectivity index (χ1v) is 25.6. The van der Waals surface area contributed by atoms with Crippen molar-refractivity contribution in [2.45, 2.75) is 12.0 Å². The van der Waals surface area contributed by atoms with E-state index < -0.39 is 0 Å². The van der Waals surface area contributed by atoms with E-state index in [1.807, 2.05) is 42.5 Å². The maximum atomic E-state index is 6.49. The molecule has 0 saturated carbocycles.